The molecule has 7 nitrogen and oxygen atoms in total. The van der Waals surface area contributed by atoms with E-state index in [-0.39, 0.29) is 23.1 Å². The molecular formula is C17H21FN4O3. The summed E-state index contributed by atoms with van der Waals surface area (Å²) in [4.78, 5) is 28.7. The van der Waals surface area contributed by atoms with Crippen LogP contribution in [-0.2, 0) is 15.1 Å². The molecule has 3 rings (SSSR count). The van der Waals surface area contributed by atoms with Crippen LogP contribution in [0, 0.1) is 5.82 Å². The number of nitrogens with one attached hydrogen (secondary N) is 2. The second kappa shape index (κ2) is 6.79. The number of hydrogen-bond acceptors (Lipinski definition) is 4. The fraction of sp³-hybridized carbons (Fsp3) is 0.471. The number of ether oxygens (including phenoxy) is 1. The number of piperidine rings is 1. The van der Waals surface area contributed by atoms with E-state index in [0.29, 0.717) is 18.9 Å². The van der Waals surface area contributed by atoms with Gasteiger partial charge in [0.05, 0.1) is 0 Å². The number of likely N-dealkylation sites (tertiary alicyclic amines) is 1. The normalized spacial score (nSPS) is 20.3. The van der Waals surface area contributed by atoms with Crippen LogP contribution in [0.5, 0.6) is 0 Å². The van der Waals surface area contributed by atoms with Crippen LogP contribution in [0.4, 0.5) is 4.39 Å². The molecule has 0 radical (unpaired) electrons. The van der Waals surface area contributed by atoms with Crippen LogP contribution in [0.3, 0.4) is 0 Å². The third kappa shape index (κ3) is 3.21. The van der Waals surface area contributed by atoms with Crippen molar-refractivity contribution in [1.29, 1.82) is 0 Å². The lowest BCUT2D eigenvalue weighted by atomic mass is 9.90. The Hall–Kier alpha value is -2.48. The van der Waals surface area contributed by atoms with Crippen molar-refractivity contribution >= 4 is 5.91 Å². The van der Waals surface area contributed by atoms with Gasteiger partial charge in [0.25, 0.3) is 5.91 Å². The Morgan fingerprint density at radius 2 is 2.20 bits per heavy atom. The molecule has 0 aliphatic carbocycles. The number of amides is 1. The summed E-state index contributed by atoms with van der Waals surface area (Å²) in [5, 5.41) is 6.31. The van der Waals surface area contributed by atoms with Crippen molar-refractivity contribution in [1.82, 2.24) is 20.1 Å². The van der Waals surface area contributed by atoms with Gasteiger partial charge in [-0.15, -0.1) is 0 Å². The summed E-state index contributed by atoms with van der Waals surface area (Å²) in [6.07, 6.45) is 1.58. The van der Waals surface area contributed by atoms with E-state index < -0.39 is 11.4 Å². The highest BCUT2D eigenvalue weighted by Gasteiger charge is 2.42. The Morgan fingerprint density at radius 1 is 1.44 bits per heavy atom. The molecule has 2 aromatic rings. The summed E-state index contributed by atoms with van der Waals surface area (Å²) in [6.45, 7) is 2.53. The SMILES string of the molecule is CO[C@@](C)(C(=O)N1CCC[C@H](c2n[nH]c(=O)[nH]2)C1)c1ccccc1F. The molecule has 1 saturated heterocycles. The molecule has 0 unspecified atom stereocenters. The largest absolute Gasteiger partial charge is 0.364 e. The zero-order valence-corrected chi connectivity index (χ0v) is 14.2. The molecule has 1 aliphatic rings. The maximum absolute atomic E-state index is 14.2. The number of nitrogens with zero attached hydrogens (tertiary/aromatic N) is 2. The first-order valence-electron chi connectivity index (χ1n) is 8.20. The molecule has 2 heterocycles. The molecule has 1 aliphatic heterocycles. The molecular weight excluding hydrogens is 327 g/mol. The van der Waals surface area contributed by atoms with Crippen molar-refractivity contribution in [2.45, 2.75) is 31.3 Å². The van der Waals surface area contributed by atoms with Crippen molar-refractivity contribution in [3.8, 4) is 0 Å². The lowest BCUT2D eigenvalue weighted by Gasteiger charge is -2.38. The Balaban J connectivity index is 1.85. The van der Waals surface area contributed by atoms with E-state index in [0.717, 1.165) is 12.8 Å². The summed E-state index contributed by atoms with van der Waals surface area (Å²) < 4.78 is 19.7. The van der Waals surface area contributed by atoms with Crippen LogP contribution in [0.15, 0.2) is 29.1 Å². The number of aromatic nitrogens is 3. The molecule has 0 spiro atoms. The minimum absolute atomic E-state index is 0.0709. The predicted octanol–water partition coefficient (Wildman–Crippen LogP) is 1.50. The number of halogens is 1. The summed E-state index contributed by atoms with van der Waals surface area (Å²) in [5.41, 5.74) is -1.57. The van der Waals surface area contributed by atoms with Crippen molar-refractivity contribution in [2.75, 3.05) is 20.2 Å². The summed E-state index contributed by atoms with van der Waals surface area (Å²) in [7, 11) is 1.40. The minimum Gasteiger partial charge on any atom is -0.364 e. The van der Waals surface area contributed by atoms with Gasteiger partial charge in [0.1, 0.15) is 11.6 Å². The van der Waals surface area contributed by atoms with Gasteiger partial charge < -0.3 is 9.64 Å². The maximum atomic E-state index is 14.2. The maximum Gasteiger partial charge on any atom is 0.340 e. The first kappa shape index (κ1) is 17.3. The molecule has 0 bridgehead atoms. The molecule has 1 aromatic carbocycles. The smallest absolute Gasteiger partial charge is 0.340 e. The lowest BCUT2D eigenvalue weighted by Crippen LogP contribution is -2.50. The average Bonchev–Trinajstić information content (AvgIpc) is 3.07. The van der Waals surface area contributed by atoms with Crippen LogP contribution >= 0.6 is 0 Å². The summed E-state index contributed by atoms with van der Waals surface area (Å²) in [5.74, 6) is -0.320. The molecule has 134 valence electrons. The van der Waals surface area contributed by atoms with Crippen molar-refractivity contribution < 1.29 is 13.9 Å². The van der Waals surface area contributed by atoms with Crippen LogP contribution in [0.25, 0.3) is 0 Å². The van der Waals surface area contributed by atoms with Gasteiger partial charge in [-0.25, -0.2) is 14.3 Å². The standard InChI is InChI=1S/C17H21FN4O3/c1-17(25-2,12-7-3-4-8-13(12)18)15(23)22-9-5-6-11(10-22)14-19-16(24)21-20-14/h3-4,7-8,11H,5-6,9-10H2,1-2H3,(H2,19,20,21,24)/t11-,17+/m0/s1. The Bertz CT molecular complexity index is 818. The van der Waals surface area contributed by atoms with Gasteiger partial charge in [-0.05, 0) is 25.8 Å². The molecule has 2 N–H and O–H groups in total. The molecule has 2 atom stereocenters. The van der Waals surface area contributed by atoms with E-state index in [1.807, 2.05) is 0 Å². The highest BCUT2D eigenvalue weighted by Crippen LogP contribution is 2.32. The predicted molar refractivity (Wildman–Crippen MR) is 88.5 cm³/mol. The zero-order chi connectivity index (χ0) is 18.0. The fourth-order valence-electron chi connectivity index (χ4n) is 3.32. The van der Waals surface area contributed by atoms with Crippen LogP contribution in [-0.4, -0.2) is 46.2 Å². The van der Waals surface area contributed by atoms with E-state index in [4.69, 9.17) is 4.74 Å². The molecule has 0 saturated carbocycles. The van der Waals surface area contributed by atoms with Gasteiger partial charge in [-0.1, -0.05) is 18.2 Å². The van der Waals surface area contributed by atoms with E-state index >= 15 is 0 Å². The van der Waals surface area contributed by atoms with Gasteiger partial charge >= 0.3 is 5.69 Å². The number of carbonyl (C=O) groups is 1. The van der Waals surface area contributed by atoms with Gasteiger partial charge in [-0.2, -0.15) is 5.10 Å². The topological polar surface area (TPSA) is 91.1 Å². The Morgan fingerprint density at radius 3 is 2.84 bits per heavy atom. The number of hydrogen-bond donors (Lipinski definition) is 2. The lowest BCUT2D eigenvalue weighted by molar-refractivity contribution is -0.156. The minimum atomic E-state index is -1.41. The first-order valence-corrected chi connectivity index (χ1v) is 8.20. The molecule has 1 aromatic heterocycles. The highest BCUT2D eigenvalue weighted by atomic mass is 19.1. The summed E-state index contributed by atoms with van der Waals surface area (Å²) in [6, 6.07) is 6.12. The van der Waals surface area contributed by atoms with Gasteiger partial charge in [0.15, 0.2) is 5.60 Å². The highest BCUT2D eigenvalue weighted by molar-refractivity contribution is 5.86. The third-order valence-corrected chi connectivity index (χ3v) is 4.82. The molecule has 1 fully saturated rings. The van der Waals surface area contributed by atoms with Gasteiger partial charge in [0.2, 0.25) is 0 Å². The number of carbonyl (C=O) groups excluding carboxylic acids is 1. The van der Waals surface area contributed by atoms with Gasteiger partial charge in [0, 0.05) is 31.7 Å². The molecule has 1 amide bonds. The number of benzene rings is 1. The van der Waals surface area contributed by atoms with E-state index in [2.05, 4.69) is 15.2 Å². The Labute approximate surface area is 144 Å². The summed E-state index contributed by atoms with van der Waals surface area (Å²) >= 11 is 0. The molecule has 25 heavy (non-hydrogen) atoms. The van der Waals surface area contributed by atoms with E-state index in [1.54, 1.807) is 30.0 Å². The first-order chi connectivity index (χ1) is 12.0. The van der Waals surface area contributed by atoms with Crippen LogP contribution in [0.2, 0.25) is 0 Å². The average molecular weight is 348 g/mol. The van der Waals surface area contributed by atoms with E-state index in [9.17, 15) is 14.0 Å². The number of H-pyrrole nitrogens is 2. The third-order valence-electron chi connectivity index (χ3n) is 4.82. The fourth-order valence-corrected chi connectivity index (χ4v) is 3.32. The number of methoxy groups -OCH3 is 1. The van der Waals surface area contributed by atoms with Crippen LogP contribution < -0.4 is 5.69 Å². The van der Waals surface area contributed by atoms with E-state index in [1.165, 1.54) is 13.2 Å². The number of aromatic amines is 2. The van der Waals surface area contributed by atoms with Crippen molar-refractivity contribution in [3.05, 3.63) is 52.0 Å². The number of rotatable bonds is 4. The second-order valence-electron chi connectivity index (χ2n) is 6.37. The second-order valence-corrected chi connectivity index (χ2v) is 6.37. The quantitative estimate of drug-likeness (QED) is 0.876. The van der Waals surface area contributed by atoms with Crippen molar-refractivity contribution in [3.63, 3.8) is 0 Å². The molecule has 8 heteroatoms. The van der Waals surface area contributed by atoms with Crippen LogP contribution in [0.1, 0.15) is 37.1 Å². The zero-order valence-electron chi connectivity index (χ0n) is 14.2. The van der Waals surface area contributed by atoms with Gasteiger partial charge in [-0.3, -0.25) is 9.78 Å². The monoisotopic (exact) mass is 348 g/mol. The Kier molecular flexibility index (Phi) is 4.71. The van der Waals surface area contributed by atoms with Crippen molar-refractivity contribution in [2.24, 2.45) is 0 Å².